The molecule has 0 saturated carbocycles. The average molecular weight is 287 g/mol. The van der Waals surface area contributed by atoms with Crippen molar-refractivity contribution in [1.82, 2.24) is 0 Å². The molecule has 0 radical (unpaired) electrons. The van der Waals surface area contributed by atoms with Crippen LogP contribution in [0.4, 0.5) is 0 Å². The molecule has 0 aromatic heterocycles. The van der Waals surface area contributed by atoms with Gasteiger partial charge in [-0.1, -0.05) is 6.07 Å². The number of halogens is 1. The number of hydrogen-bond acceptors (Lipinski definition) is 2. The molecule has 0 heterocycles. The van der Waals surface area contributed by atoms with E-state index >= 15 is 0 Å². The second kappa shape index (κ2) is 4.47. The smallest absolute Gasteiger partial charge is 0.133 e. The fourth-order valence-electron chi connectivity index (χ4n) is 1.06. The highest BCUT2D eigenvalue weighted by Crippen LogP contribution is 2.26. The first-order valence-corrected chi connectivity index (χ1v) is 5.10. The minimum absolute atomic E-state index is 0.629. The quantitative estimate of drug-likeness (QED) is 0.784. The Morgan fingerprint density at radius 2 is 2.23 bits per heavy atom. The lowest BCUT2D eigenvalue weighted by atomic mass is 10.1. The van der Waals surface area contributed by atoms with Crippen molar-refractivity contribution in [3.05, 3.63) is 26.8 Å². The second-order valence-corrected chi connectivity index (χ2v) is 3.69. The number of benzene rings is 1. The van der Waals surface area contributed by atoms with Gasteiger partial charge >= 0.3 is 0 Å². The highest BCUT2D eigenvalue weighted by Gasteiger charge is 2.08. The number of hydrogen-bond donors (Lipinski definition) is 0. The minimum Gasteiger partial charge on any atom is -0.493 e. The largest absolute Gasteiger partial charge is 0.493 e. The third kappa shape index (κ3) is 2.13. The number of nitriles is 1. The molecular formula is C10H10INO. The zero-order valence-corrected chi connectivity index (χ0v) is 9.75. The Morgan fingerprint density at radius 3 is 2.77 bits per heavy atom. The van der Waals surface area contributed by atoms with Gasteiger partial charge < -0.3 is 4.74 Å². The molecule has 3 heteroatoms. The summed E-state index contributed by atoms with van der Waals surface area (Å²) in [5.74, 6) is 0.797. The molecule has 2 nitrogen and oxygen atoms in total. The van der Waals surface area contributed by atoms with Crippen molar-refractivity contribution in [3.8, 4) is 11.8 Å². The molecular weight excluding hydrogens is 277 g/mol. The molecule has 0 spiro atoms. The summed E-state index contributed by atoms with van der Waals surface area (Å²) < 4.78 is 6.28. The zero-order chi connectivity index (χ0) is 9.84. The van der Waals surface area contributed by atoms with E-state index in [1.165, 1.54) is 0 Å². The number of ether oxygens (including phenoxy) is 1. The normalized spacial score (nSPS) is 9.38. The molecule has 68 valence electrons. The first kappa shape index (κ1) is 10.3. The third-order valence-corrected chi connectivity index (χ3v) is 2.80. The van der Waals surface area contributed by atoms with Gasteiger partial charge in [0.15, 0.2) is 0 Å². The van der Waals surface area contributed by atoms with Gasteiger partial charge in [-0.15, -0.1) is 0 Å². The van der Waals surface area contributed by atoms with Gasteiger partial charge in [0, 0.05) is 0 Å². The van der Waals surface area contributed by atoms with Crippen LogP contribution >= 0.6 is 22.6 Å². The van der Waals surface area contributed by atoms with E-state index in [1.807, 2.05) is 26.0 Å². The molecule has 0 fully saturated rings. The molecule has 0 saturated heterocycles. The number of aryl methyl sites for hydroxylation is 1. The van der Waals surface area contributed by atoms with Crippen LogP contribution in [0.3, 0.4) is 0 Å². The maximum atomic E-state index is 8.88. The van der Waals surface area contributed by atoms with Gasteiger partial charge in [-0.2, -0.15) is 5.26 Å². The first-order chi connectivity index (χ1) is 6.20. The lowest BCUT2D eigenvalue weighted by Gasteiger charge is -2.08. The highest BCUT2D eigenvalue weighted by molar-refractivity contribution is 14.1. The first-order valence-electron chi connectivity index (χ1n) is 4.02. The summed E-state index contributed by atoms with van der Waals surface area (Å²) in [6.07, 6.45) is 0. The predicted octanol–water partition coefficient (Wildman–Crippen LogP) is 2.87. The fraction of sp³-hybridized carbons (Fsp3) is 0.300. The van der Waals surface area contributed by atoms with Gasteiger partial charge in [-0.05, 0) is 48.1 Å². The van der Waals surface area contributed by atoms with Gasteiger partial charge in [0.2, 0.25) is 0 Å². The summed E-state index contributed by atoms with van der Waals surface area (Å²) >= 11 is 2.14. The molecule has 0 bridgehead atoms. The van der Waals surface area contributed by atoms with E-state index in [0.717, 1.165) is 14.9 Å². The average Bonchev–Trinajstić information content (AvgIpc) is 2.11. The van der Waals surface area contributed by atoms with Crippen LogP contribution in [0.15, 0.2) is 12.1 Å². The molecule has 1 aromatic rings. The van der Waals surface area contributed by atoms with E-state index in [9.17, 15) is 0 Å². The standard InChI is InChI=1S/C10H10INO/c1-3-13-9-5-4-7(2)8(6-12)10(9)11/h4-5H,3H2,1-2H3. The maximum absolute atomic E-state index is 8.88. The third-order valence-electron chi connectivity index (χ3n) is 1.73. The summed E-state index contributed by atoms with van der Waals surface area (Å²) in [6, 6.07) is 5.99. The van der Waals surface area contributed by atoms with E-state index in [1.54, 1.807) is 0 Å². The van der Waals surface area contributed by atoms with E-state index in [4.69, 9.17) is 10.00 Å². The van der Waals surface area contributed by atoms with Crippen molar-refractivity contribution in [1.29, 1.82) is 5.26 Å². The Hall–Kier alpha value is -0.760. The molecule has 1 rings (SSSR count). The SMILES string of the molecule is CCOc1ccc(C)c(C#N)c1I. The van der Waals surface area contributed by atoms with E-state index < -0.39 is 0 Å². The topological polar surface area (TPSA) is 33.0 Å². The number of nitrogens with zero attached hydrogens (tertiary/aromatic N) is 1. The Balaban J connectivity index is 3.21. The van der Waals surface area contributed by atoms with Crippen LogP contribution in [0, 0.1) is 21.8 Å². The van der Waals surface area contributed by atoms with Gasteiger partial charge in [0.25, 0.3) is 0 Å². The van der Waals surface area contributed by atoms with Gasteiger partial charge in [0.05, 0.1) is 15.7 Å². The Bertz CT molecular complexity index is 355. The van der Waals surface area contributed by atoms with Crippen LogP contribution in [-0.2, 0) is 0 Å². The highest BCUT2D eigenvalue weighted by atomic mass is 127. The van der Waals surface area contributed by atoms with Gasteiger partial charge in [0.1, 0.15) is 11.8 Å². The van der Waals surface area contributed by atoms with E-state index in [2.05, 4.69) is 28.7 Å². The molecule has 0 atom stereocenters. The van der Waals surface area contributed by atoms with Crippen LogP contribution in [0.2, 0.25) is 0 Å². The lowest BCUT2D eigenvalue weighted by molar-refractivity contribution is 0.337. The Kier molecular flexibility index (Phi) is 3.55. The molecule has 0 aliphatic carbocycles. The predicted molar refractivity (Wildman–Crippen MR) is 59.8 cm³/mol. The molecule has 0 unspecified atom stereocenters. The van der Waals surface area contributed by atoms with E-state index in [-0.39, 0.29) is 0 Å². The van der Waals surface area contributed by atoms with Gasteiger partial charge in [-0.25, -0.2) is 0 Å². The lowest BCUT2D eigenvalue weighted by Crippen LogP contribution is -1.97. The molecule has 0 aliphatic rings. The molecule has 0 amide bonds. The van der Waals surface area contributed by atoms with E-state index in [0.29, 0.717) is 12.2 Å². The minimum atomic E-state index is 0.629. The zero-order valence-electron chi connectivity index (χ0n) is 7.60. The second-order valence-electron chi connectivity index (χ2n) is 2.61. The monoisotopic (exact) mass is 287 g/mol. The van der Waals surface area contributed by atoms with Crippen molar-refractivity contribution < 1.29 is 4.74 Å². The summed E-state index contributed by atoms with van der Waals surface area (Å²) in [6.45, 7) is 4.49. The van der Waals surface area contributed by atoms with Crippen LogP contribution in [0.1, 0.15) is 18.1 Å². The molecule has 13 heavy (non-hydrogen) atoms. The number of rotatable bonds is 2. The summed E-state index contributed by atoms with van der Waals surface area (Å²) in [5, 5.41) is 8.88. The van der Waals surface area contributed by atoms with Crippen molar-refractivity contribution in [3.63, 3.8) is 0 Å². The Morgan fingerprint density at radius 1 is 1.54 bits per heavy atom. The molecule has 1 aromatic carbocycles. The van der Waals surface area contributed by atoms with Crippen LogP contribution < -0.4 is 4.74 Å². The van der Waals surface area contributed by atoms with Crippen molar-refractivity contribution in [2.75, 3.05) is 6.61 Å². The van der Waals surface area contributed by atoms with Crippen LogP contribution in [0.5, 0.6) is 5.75 Å². The van der Waals surface area contributed by atoms with Crippen molar-refractivity contribution in [2.24, 2.45) is 0 Å². The van der Waals surface area contributed by atoms with Crippen LogP contribution in [-0.4, -0.2) is 6.61 Å². The summed E-state index contributed by atoms with van der Waals surface area (Å²) in [5.41, 5.74) is 1.71. The van der Waals surface area contributed by atoms with Crippen molar-refractivity contribution in [2.45, 2.75) is 13.8 Å². The van der Waals surface area contributed by atoms with Crippen molar-refractivity contribution >= 4 is 22.6 Å². The molecule has 0 N–H and O–H groups in total. The Labute approximate surface area is 91.7 Å². The summed E-state index contributed by atoms with van der Waals surface area (Å²) in [7, 11) is 0. The van der Waals surface area contributed by atoms with Crippen LogP contribution in [0.25, 0.3) is 0 Å². The fourth-order valence-corrected chi connectivity index (χ4v) is 1.94. The van der Waals surface area contributed by atoms with Gasteiger partial charge in [-0.3, -0.25) is 0 Å². The maximum Gasteiger partial charge on any atom is 0.133 e. The molecule has 0 aliphatic heterocycles. The summed E-state index contributed by atoms with van der Waals surface area (Å²) in [4.78, 5) is 0.